The molecular formula is C17H20BrNOS. The Labute approximate surface area is 138 Å². The van der Waals surface area contributed by atoms with Crippen molar-refractivity contribution in [2.45, 2.75) is 38.8 Å². The zero-order valence-corrected chi connectivity index (χ0v) is 14.8. The van der Waals surface area contributed by atoms with E-state index in [0.717, 1.165) is 25.1 Å². The molecule has 2 atom stereocenters. The summed E-state index contributed by atoms with van der Waals surface area (Å²) in [5.41, 5.74) is 1.31. The molecule has 2 heterocycles. The lowest BCUT2D eigenvalue weighted by atomic mass is 10.0. The van der Waals surface area contributed by atoms with Gasteiger partial charge in [-0.1, -0.05) is 25.1 Å². The number of ether oxygens (including phenoxy) is 1. The van der Waals surface area contributed by atoms with Crippen molar-refractivity contribution in [3.05, 3.63) is 50.1 Å². The Balaban J connectivity index is 1.86. The molecule has 2 unspecified atom stereocenters. The molecule has 1 aromatic carbocycles. The lowest BCUT2D eigenvalue weighted by Crippen LogP contribution is -2.35. The van der Waals surface area contributed by atoms with Crippen molar-refractivity contribution in [2.75, 3.05) is 6.54 Å². The average Bonchev–Trinajstić information content (AvgIpc) is 3.03. The molecule has 0 fully saturated rings. The van der Waals surface area contributed by atoms with E-state index in [4.69, 9.17) is 4.74 Å². The molecule has 2 nitrogen and oxygen atoms in total. The SMILES string of the molecule is CCCNC(c1sc(C)cc1Br)C1Cc2ccccc2O1. The van der Waals surface area contributed by atoms with Crippen LogP contribution in [0.5, 0.6) is 5.75 Å². The van der Waals surface area contributed by atoms with Crippen molar-refractivity contribution in [3.63, 3.8) is 0 Å². The van der Waals surface area contributed by atoms with Gasteiger partial charge in [-0.3, -0.25) is 0 Å². The Morgan fingerprint density at radius 3 is 2.90 bits per heavy atom. The fourth-order valence-electron chi connectivity index (χ4n) is 2.80. The predicted octanol–water partition coefficient (Wildman–Crippen LogP) is 4.86. The molecule has 2 aromatic rings. The predicted molar refractivity (Wildman–Crippen MR) is 92.4 cm³/mol. The topological polar surface area (TPSA) is 21.3 Å². The maximum Gasteiger partial charge on any atom is 0.123 e. The molecule has 0 saturated carbocycles. The Kier molecular flexibility index (Phi) is 4.67. The standard InChI is InChI=1S/C17H20BrNOS/c1-3-8-19-16(17-13(18)9-11(2)21-17)15-10-12-6-4-5-7-14(12)20-15/h4-7,9,15-16,19H,3,8,10H2,1-2H3. The van der Waals surface area contributed by atoms with Crippen LogP contribution in [-0.4, -0.2) is 12.6 Å². The summed E-state index contributed by atoms with van der Waals surface area (Å²) in [7, 11) is 0. The van der Waals surface area contributed by atoms with Gasteiger partial charge in [-0.25, -0.2) is 0 Å². The molecule has 4 heteroatoms. The van der Waals surface area contributed by atoms with Crippen LogP contribution in [-0.2, 0) is 6.42 Å². The van der Waals surface area contributed by atoms with E-state index in [0.29, 0.717) is 0 Å². The lowest BCUT2D eigenvalue weighted by molar-refractivity contribution is 0.180. The highest BCUT2D eigenvalue weighted by Gasteiger charge is 2.32. The fourth-order valence-corrected chi connectivity index (χ4v) is 4.83. The van der Waals surface area contributed by atoms with Gasteiger partial charge in [0.2, 0.25) is 0 Å². The van der Waals surface area contributed by atoms with Crippen molar-refractivity contribution in [1.82, 2.24) is 5.32 Å². The van der Waals surface area contributed by atoms with Gasteiger partial charge < -0.3 is 10.1 Å². The second kappa shape index (κ2) is 6.51. The van der Waals surface area contributed by atoms with E-state index < -0.39 is 0 Å². The number of fused-ring (bicyclic) bond motifs is 1. The molecule has 3 rings (SSSR count). The molecule has 1 N–H and O–H groups in total. The van der Waals surface area contributed by atoms with Gasteiger partial charge in [0.05, 0.1) is 6.04 Å². The quantitative estimate of drug-likeness (QED) is 0.816. The maximum absolute atomic E-state index is 6.21. The van der Waals surface area contributed by atoms with E-state index in [1.165, 1.54) is 19.8 Å². The third-order valence-corrected chi connectivity index (χ3v) is 5.83. The number of hydrogen-bond acceptors (Lipinski definition) is 3. The molecule has 0 saturated heterocycles. The summed E-state index contributed by atoms with van der Waals surface area (Å²) in [4.78, 5) is 2.68. The molecule has 0 spiro atoms. The van der Waals surface area contributed by atoms with E-state index in [9.17, 15) is 0 Å². The molecule has 1 aliphatic rings. The summed E-state index contributed by atoms with van der Waals surface area (Å²) in [6.07, 6.45) is 2.27. The smallest absolute Gasteiger partial charge is 0.123 e. The highest BCUT2D eigenvalue weighted by Crippen LogP contribution is 2.39. The zero-order chi connectivity index (χ0) is 14.8. The van der Waals surface area contributed by atoms with Crippen LogP contribution in [0.25, 0.3) is 0 Å². The summed E-state index contributed by atoms with van der Waals surface area (Å²) < 4.78 is 7.40. The monoisotopic (exact) mass is 365 g/mol. The van der Waals surface area contributed by atoms with Crippen molar-refractivity contribution < 1.29 is 4.74 Å². The van der Waals surface area contributed by atoms with E-state index in [2.05, 4.69) is 59.4 Å². The number of para-hydroxylation sites is 1. The van der Waals surface area contributed by atoms with Gasteiger partial charge in [0.15, 0.2) is 0 Å². The van der Waals surface area contributed by atoms with Gasteiger partial charge in [-0.2, -0.15) is 0 Å². The Morgan fingerprint density at radius 2 is 2.24 bits per heavy atom. The van der Waals surface area contributed by atoms with Crippen LogP contribution in [0.1, 0.15) is 34.7 Å². The number of rotatable bonds is 5. The van der Waals surface area contributed by atoms with Gasteiger partial charge in [-0.15, -0.1) is 11.3 Å². The molecule has 112 valence electrons. The summed E-state index contributed by atoms with van der Waals surface area (Å²) in [6.45, 7) is 5.35. The maximum atomic E-state index is 6.21. The lowest BCUT2D eigenvalue weighted by Gasteiger charge is -2.24. The Bertz CT molecular complexity index is 600. The molecule has 0 aliphatic carbocycles. The first-order valence-corrected chi connectivity index (χ1v) is 9.03. The van der Waals surface area contributed by atoms with Gasteiger partial charge in [0.1, 0.15) is 11.9 Å². The van der Waals surface area contributed by atoms with Crippen molar-refractivity contribution in [1.29, 1.82) is 0 Å². The minimum atomic E-state index is 0.170. The first kappa shape index (κ1) is 15.1. The van der Waals surface area contributed by atoms with Crippen LogP contribution in [0.2, 0.25) is 0 Å². The van der Waals surface area contributed by atoms with E-state index >= 15 is 0 Å². The molecule has 0 bridgehead atoms. The van der Waals surface area contributed by atoms with Gasteiger partial charge >= 0.3 is 0 Å². The highest BCUT2D eigenvalue weighted by molar-refractivity contribution is 9.10. The molecule has 0 radical (unpaired) electrons. The molecule has 21 heavy (non-hydrogen) atoms. The van der Waals surface area contributed by atoms with Gasteiger partial charge in [0, 0.05) is 20.6 Å². The van der Waals surface area contributed by atoms with Crippen LogP contribution >= 0.6 is 27.3 Å². The number of halogens is 1. The van der Waals surface area contributed by atoms with E-state index in [-0.39, 0.29) is 12.1 Å². The van der Waals surface area contributed by atoms with Gasteiger partial charge in [-0.05, 0) is 53.5 Å². The second-order valence-electron chi connectivity index (χ2n) is 5.47. The van der Waals surface area contributed by atoms with Crippen LogP contribution in [0.3, 0.4) is 0 Å². The third-order valence-electron chi connectivity index (χ3n) is 3.78. The van der Waals surface area contributed by atoms with Crippen molar-refractivity contribution >= 4 is 27.3 Å². The second-order valence-corrected chi connectivity index (χ2v) is 7.61. The number of hydrogen-bond donors (Lipinski definition) is 1. The first-order valence-electron chi connectivity index (χ1n) is 7.42. The molecule has 1 aliphatic heterocycles. The first-order chi connectivity index (χ1) is 10.2. The minimum absolute atomic E-state index is 0.170. The number of nitrogens with one attached hydrogen (secondary N) is 1. The van der Waals surface area contributed by atoms with E-state index in [1.807, 2.05) is 17.4 Å². The number of benzene rings is 1. The number of thiophene rings is 1. The average molecular weight is 366 g/mol. The van der Waals surface area contributed by atoms with Crippen molar-refractivity contribution in [2.24, 2.45) is 0 Å². The fraction of sp³-hybridized carbons (Fsp3) is 0.412. The summed E-state index contributed by atoms with van der Waals surface area (Å²) >= 11 is 5.56. The third kappa shape index (κ3) is 3.17. The molecule has 0 amide bonds. The Hall–Kier alpha value is -0.840. The van der Waals surface area contributed by atoms with E-state index in [1.54, 1.807) is 0 Å². The largest absolute Gasteiger partial charge is 0.488 e. The van der Waals surface area contributed by atoms with Crippen LogP contribution in [0, 0.1) is 6.92 Å². The van der Waals surface area contributed by atoms with Crippen LogP contribution in [0.4, 0.5) is 0 Å². The number of aryl methyl sites for hydroxylation is 1. The minimum Gasteiger partial charge on any atom is -0.488 e. The normalized spacial score (nSPS) is 18.3. The molecular weight excluding hydrogens is 346 g/mol. The Morgan fingerprint density at radius 1 is 1.43 bits per heavy atom. The zero-order valence-electron chi connectivity index (χ0n) is 12.4. The van der Waals surface area contributed by atoms with Gasteiger partial charge in [0.25, 0.3) is 0 Å². The summed E-state index contributed by atoms with van der Waals surface area (Å²) in [5, 5.41) is 3.67. The summed E-state index contributed by atoms with van der Waals surface area (Å²) in [6, 6.07) is 10.8. The van der Waals surface area contributed by atoms with Crippen molar-refractivity contribution in [3.8, 4) is 5.75 Å². The highest BCUT2D eigenvalue weighted by atomic mass is 79.9. The van der Waals surface area contributed by atoms with Crippen LogP contribution < -0.4 is 10.1 Å². The van der Waals surface area contributed by atoms with Crippen LogP contribution in [0.15, 0.2) is 34.8 Å². The summed E-state index contributed by atoms with van der Waals surface area (Å²) in [5.74, 6) is 1.04. The molecule has 1 aromatic heterocycles.